The predicted octanol–water partition coefficient (Wildman–Crippen LogP) is 3.05. The summed E-state index contributed by atoms with van der Waals surface area (Å²) in [5, 5.41) is 12.0. The lowest BCUT2D eigenvalue weighted by Gasteiger charge is -2.18. The van der Waals surface area contributed by atoms with E-state index in [0.29, 0.717) is 17.6 Å². The summed E-state index contributed by atoms with van der Waals surface area (Å²) in [4.78, 5) is 21.5. The lowest BCUT2D eigenvalue weighted by molar-refractivity contribution is -0.131. The molecule has 1 aromatic carbocycles. The first-order valence-electron chi connectivity index (χ1n) is 9.45. The highest BCUT2D eigenvalue weighted by Crippen LogP contribution is 2.20. The number of anilines is 1. The van der Waals surface area contributed by atoms with Crippen LogP contribution < -0.4 is 10.1 Å². The zero-order valence-corrected chi connectivity index (χ0v) is 16.2. The maximum Gasteiger partial charge on any atom is 0.328 e. The Morgan fingerprint density at radius 3 is 2.96 bits per heavy atom. The van der Waals surface area contributed by atoms with Gasteiger partial charge in [0.05, 0.1) is 24.2 Å². The zero-order chi connectivity index (χ0) is 19.9. The fraction of sp³-hybridized carbons (Fsp3) is 0.381. The summed E-state index contributed by atoms with van der Waals surface area (Å²) >= 11 is 0. The molecule has 1 fully saturated rings. The van der Waals surface area contributed by atoms with Gasteiger partial charge in [0.2, 0.25) is 0 Å². The molecule has 0 saturated carbocycles. The second-order valence-corrected chi connectivity index (χ2v) is 7.18. The Balaban J connectivity index is 1.51. The van der Waals surface area contributed by atoms with E-state index in [1.165, 1.54) is 11.6 Å². The van der Waals surface area contributed by atoms with Crippen molar-refractivity contribution >= 4 is 17.9 Å². The highest BCUT2D eigenvalue weighted by atomic mass is 16.5. The smallest absolute Gasteiger partial charge is 0.328 e. The number of aliphatic carboxylic acids is 1. The minimum Gasteiger partial charge on any atom is -0.491 e. The van der Waals surface area contributed by atoms with Crippen LogP contribution in [0.5, 0.6) is 5.75 Å². The molecular weight excluding hydrogens is 356 g/mol. The van der Waals surface area contributed by atoms with Gasteiger partial charge in [0, 0.05) is 31.8 Å². The van der Waals surface area contributed by atoms with Crippen molar-refractivity contribution < 1.29 is 14.6 Å². The summed E-state index contributed by atoms with van der Waals surface area (Å²) in [6.07, 6.45) is 6.87. The van der Waals surface area contributed by atoms with Gasteiger partial charge in [-0.15, -0.1) is 0 Å². The Kier molecular flexibility index (Phi) is 6.60. The van der Waals surface area contributed by atoms with Crippen LogP contribution in [0.15, 0.2) is 42.7 Å². The number of rotatable bonds is 8. The molecule has 1 aliphatic heterocycles. The van der Waals surface area contributed by atoms with Gasteiger partial charge in [0.1, 0.15) is 11.6 Å². The first-order chi connectivity index (χ1) is 13.5. The van der Waals surface area contributed by atoms with Gasteiger partial charge in [-0.1, -0.05) is 12.1 Å². The number of hydrogen-bond acceptors (Lipinski definition) is 6. The van der Waals surface area contributed by atoms with Crippen molar-refractivity contribution in [1.82, 2.24) is 14.9 Å². The van der Waals surface area contributed by atoms with E-state index in [-0.39, 0.29) is 6.10 Å². The van der Waals surface area contributed by atoms with Crippen LogP contribution in [0, 0.1) is 0 Å². The van der Waals surface area contributed by atoms with Crippen LogP contribution in [0.25, 0.3) is 6.08 Å². The van der Waals surface area contributed by atoms with E-state index in [1.807, 2.05) is 26.0 Å². The molecule has 148 valence electrons. The van der Waals surface area contributed by atoms with Crippen molar-refractivity contribution in [2.45, 2.75) is 39.0 Å². The number of benzene rings is 1. The Labute approximate surface area is 165 Å². The monoisotopic (exact) mass is 382 g/mol. The van der Waals surface area contributed by atoms with Gasteiger partial charge >= 0.3 is 5.97 Å². The third-order valence-corrected chi connectivity index (χ3v) is 4.37. The van der Waals surface area contributed by atoms with Crippen molar-refractivity contribution in [2.24, 2.45) is 0 Å². The summed E-state index contributed by atoms with van der Waals surface area (Å²) in [5.74, 6) is 0.608. The van der Waals surface area contributed by atoms with Crippen molar-refractivity contribution in [3.8, 4) is 5.75 Å². The fourth-order valence-corrected chi connectivity index (χ4v) is 3.21. The number of ether oxygens (including phenoxy) is 1. The molecule has 3 rings (SSSR count). The quantitative estimate of drug-likeness (QED) is 0.679. The van der Waals surface area contributed by atoms with Gasteiger partial charge in [0.25, 0.3) is 0 Å². The number of carboxylic acids is 1. The molecule has 2 N–H and O–H groups in total. The van der Waals surface area contributed by atoms with E-state index in [2.05, 4.69) is 32.3 Å². The van der Waals surface area contributed by atoms with Gasteiger partial charge in [-0.3, -0.25) is 9.88 Å². The molecule has 2 aromatic rings. The Morgan fingerprint density at radius 2 is 2.25 bits per heavy atom. The molecule has 0 spiro atoms. The summed E-state index contributed by atoms with van der Waals surface area (Å²) < 4.78 is 5.78. The van der Waals surface area contributed by atoms with Gasteiger partial charge in [-0.25, -0.2) is 9.78 Å². The number of carbonyl (C=O) groups is 1. The van der Waals surface area contributed by atoms with Crippen molar-refractivity contribution in [1.29, 1.82) is 0 Å². The Hall–Kier alpha value is -2.93. The predicted molar refractivity (Wildman–Crippen MR) is 108 cm³/mol. The topological polar surface area (TPSA) is 87.6 Å². The molecule has 0 unspecified atom stereocenters. The minimum absolute atomic E-state index is 0.169. The molecule has 1 saturated heterocycles. The lowest BCUT2D eigenvalue weighted by Crippen LogP contribution is -2.26. The largest absolute Gasteiger partial charge is 0.491 e. The first-order valence-corrected chi connectivity index (χ1v) is 9.45. The third kappa shape index (κ3) is 6.06. The molecule has 0 aliphatic carbocycles. The van der Waals surface area contributed by atoms with Crippen LogP contribution in [0.2, 0.25) is 0 Å². The SMILES string of the molecule is CC(C)Oc1cccc(CN2CC[C@@H](Nc3cnc(C=CC(=O)O)cn3)C2)c1. The number of nitrogens with zero attached hydrogens (tertiary/aromatic N) is 3. The highest BCUT2D eigenvalue weighted by molar-refractivity contribution is 5.84. The molecule has 1 aliphatic rings. The van der Waals surface area contributed by atoms with Gasteiger partial charge < -0.3 is 15.2 Å². The highest BCUT2D eigenvalue weighted by Gasteiger charge is 2.22. The lowest BCUT2D eigenvalue weighted by atomic mass is 10.2. The van der Waals surface area contributed by atoms with Crippen LogP contribution in [-0.2, 0) is 11.3 Å². The third-order valence-electron chi connectivity index (χ3n) is 4.37. The molecule has 7 nitrogen and oxygen atoms in total. The normalized spacial score (nSPS) is 17.3. The van der Waals surface area contributed by atoms with Gasteiger partial charge in [-0.2, -0.15) is 0 Å². The molecule has 1 atom stereocenters. The van der Waals surface area contributed by atoms with E-state index in [0.717, 1.165) is 37.9 Å². The molecular formula is C21H26N4O3. The summed E-state index contributed by atoms with van der Waals surface area (Å²) in [7, 11) is 0. The average molecular weight is 382 g/mol. The van der Waals surface area contributed by atoms with E-state index >= 15 is 0 Å². The molecule has 0 bridgehead atoms. The van der Waals surface area contributed by atoms with E-state index < -0.39 is 5.97 Å². The van der Waals surface area contributed by atoms with E-state index in [9.17, 15) is 4.79 Å². The Morgan fingerprint density at radius 1 is 1.39 bits per heavy atom. The van der Waals surface area contributed by atoms with Crippen LogP contribution in [0.4, 0.5) is 5.82 Å². The molecule has 2 heterocycles. The number of likely N-dealkylation sites (tertiary alicyclic amines) is 1. The number of hydrogen-bond donors (Lipinski definition) is 2. The van der Waals surface area contributed by atoms with Crippen molar-refractivity contribution in [3.63, 3.8) is 0 Å². The maximum atomic E-state index is 10.5. The van der Waals surface area contributed by atoms with Crippen LogP contribution in [0.1, 0.15) is 31.5 Å². The molecule has 1 aromatic heterocycles. The summed E-state index contributed by atoms with van der Waals surface area (Å²) in [5.41, 5.74) is 1.76. The minimum atomic E-state index is -1.00. The second-order valence-electron chi connectivity index (χ2n) is 7.18. The first kappa shape index (κ1) is 19.8. The van der Waals surface area contributed by atoms with E-state index in [1.54, 1.807) is 12.4 Å². The van der Waals surface area contributed by atoms with Crippen LogP contribution in [-0.4, -0.2) is 51.2 Å². The molecule has 0 radical (unpaired) electrons. The fourth-order valence-electron chi connectivity index (χ4n) is 3.21. The number of aromatic nitrogens is 2. The van der Waals surface area contributed by atoms with Crippen LogP contribution in [0.3, 0.4) is 0 Å². The number of nitrogens with one attached hydrogen (secondary N) is 1. The van der Waals surface area contributed by atoms with Gasteiger partial charge in [-0.05, 0) is 44.0 Å². The van der Waals surface area contributed by atoms with Gasteiger partial charge in [0.15, 0.2) is 0 Å². The van der Waals surface area contributed by atoms with Crippen molar-refractivity contribution in [2.75, 3.05) is 18.4 Å². The number of carboxylic acid groups (broad SMARTS) is 1. The Bertz CT molecular complexity index is 821. The average Bonchev–Trinajstić information content (AvgIpc) is 3.07. The second kappa shape index (κ2) is 9.32. The maximum absolute atomic E-state index is 10.5. The standard InChI is InChI=1S/C21H26N4O3/c1-15(2)28-19-5-3-4-16(10-19)13-25-9-8-18(14-25)24-20-12-22-17(11-23-20)6-7-21(26)27/h3-7,10-12,15,18H,8-9,13-14H2,1-2H3,(H,23,24)(H,26,27)/t18-/m1/s1. The summed E-state index contributed by atoms with van der Waals surface area (Å²) in [6.45, 7) is 6.89. The van der Waals surface area contributed by atoms with E-state index in [4.69, 9.17) is 9.84 Å². The summed E-state index contributed by atoms with van der Waals surface area (Å²) in [6, 6.07) is 8.57. The zero-order valence-electron chi connectivity index (χ0n) is 16.2. The molecule has 0 amide bonds. The van der Waals surface area contributed by atoms with Crippen LogP contribution >= 0.6 is 0 Å². The van der Waals surface area contributed by atoms with Crippen molar-refractivity contribution in [3.05, 3.63) is 54.0 Å². The molecule has 7 heteroatoms. The molecule has 28 heavy (non-hydrogen) atoms.